The fraction of sp³-hybridized carbons (Fsp3) is 0.524. The number of carbonyl (C=O) groups is 2. The molecule has 1 aliphatic rings. The van der Waals surface area contributed by atoms with Gasteiger partial charge in [0.05, 0.1) is 0 Å². The molecule has 0 bridgehead atoms. The topological polar surface area (TPSA) is 151 Å². The van der Waals surface area contributed by atoms with E-state index in [9.17, 15) is 9.59 Å². The van der Waals surface area contributed by atoms with Crippen molar-refractivity contribution in [2.45, 2.75) is 123 Å². The largest absolute Gasteiger partial charge is 0.444 e. The van der Waals surface area contributed by atoms with Gasteiger partial charge in [0.25, 0.3) is 0 Å². The molecule has 12 nitrogen and oxygen atoms in total. The minimum absolute atomic E-state index is 0.161. The highest BCUT2D eigenvalue weighted by molar-refractivity contribution is 5.83. The molecule has 1 fully saturated rings. The van der Waals surface area contributed by atoms with E-state index in [4.69, 9.17) is 15.2 Å². The lowest BCUT2D eigenvalue weighted by molar-refractivity contribution is 0.00970. The number of H-pyrrole nitrogens is 1. The van der Waals surface area contributed by atoms with Crippen molar-refractivity contribution in [3.05, 3.63) is 83.2 Å². The first-order valence-electron chi connectivity index (χ1n) is 19.4. The number of anilines is 2. The normalized spacial score (nSPS) is 13.8. The fourth-order valence-corrected chi connectivity index (χ4v) is 6.72. The Labute approximate surface area is 320 Å². The molecule has 2 heterocycles. The number of nitrogens with two attached hydrogens (primary N) is 1. The first-order chi connectivity index (χ1) is 25.7. The Bertz CT molecular complexity index is 1810. The van der Waals surface area contributed by atoms with Crippen LogP contribution in [0.5, 0.6) is 0 Å². The summed E-state index contributed by atoms with van der Waals surface area (Å²) in [5, 5.41) is 7.97. The molecule has 0 unspecified atom stereocenters. The van der Waals surface area contributed by atoms with Crippen molar-refractivity contribution in [1.29, 1.82) is 0 Å². The Kier molecular flexibility index (Phi) is 13.8. The second-order valence-electron chi connectivity index (χ2n) is 16.3. The van der Waals surface area contributed by atoms with E-state index in [1.165, 1.54) is 17.4 Å². The van der Waals surface area contributed by atoms with Gasteiger partial charge in [0.2, 0.25) is 5.95 Å². The Morgan fingerprint density at radius 3 is 2.26 bits per heavy atom. The molecule has 12 heteroatoms. The van der Waals surface area contributed by atoms with Crippen LogP contribution >= 0.6 is 0 Å². The predicted molar refractivity (Wildman–Crippen MR) is 215 cm³/mol. The molecular formula is C42H60N8O4. The van der Waals surface area contributed by atoms with Gasteiger partial charge in [0, 0.05) is 67.6 Å². The van der Waals surface area contributed by atoms with Crippen molar-refractivity contribution in [1.82, 2.24) is 30.1 Å². The summed E-state index contributed by atoms with van der Waals surface area (Å²) in [4.78, 5) is 42.5. The minimum Gasteiger partial charge on any atom is -0.444 e. The highest BCUT2D eigenvalue weighted by Gasteiger charge is 2.30. The third kappa shape index (κ3) is 12.4. The molecule has 0 aliphatic heterocycles. The van der Waals surface area contributed by atoms with Crippen LogP contribution in [0.2, 0.25) is 0 Å². The SMILES string of the molecule is CC(C)(C)OC(=O)N(CCCN(C(=O)OC(C)(C)C)C1CCCCC1)Cc1ccc(CNc2ncc(CNCCc3c[nH]c4ccccc34)c(N)n2)cc1. The maximum Gasteiger partial charge on any atom is 0.410 e. The van der Waals surface area contributed by atoms with Gasteiger partial charge in [0.15, 0.2) is 0 Å². The molecule has 2 aromatic heterocycles. The van der Waals surface area contributed by atoms with Crippen LogP contribution in [0.3, 0.4) is 0 Å². The third-order valence-corrected chi connectivity index (χ3v) is 9.43. The summed E-state index contributed by atoms with van der Waals surface area (Å²) in [6.07, 6.45) is 10.1. The number of aromatic nitrogens is 3. The molecule has 5 N–H and O–H groups in total. The highest BCUT2D eigenvalue weighted by Crippen LogP contribution is 2.25. The number of hydrogen-bond acceptors (Lipinski definition) is 9. The number of ether oxygens (including phenoxy) is 2. The standard InChI is InChI=1S/C42H60N8O4/c1-41(2,3)53-39(51)49(23-12-24-50(34-13-8-7-9-14-34)40(52)54-42(4,5)6)29-31-19-17-30(18-20-31)25-46-38-47-28-33(37(43)48-38)26-44-22-21-32-27-45-36-16-11-10-15-35(32)36/h10-11,15-20,27-28,34,44-45H,7-9,12-14,21-26,29H2,1-6H3,(H3,43,46,47,48). The molecule has 2 aromatic carbocycles. The zero-order valence-electron chi connectivity index (χ0n) is 33.0. The molecule has 54 heavy (non-hydrogen) atoms. The van der Waals surface area contributed by atoms with Crippen LogP contribution in [0.25, 0.3) is 10.9 Å². The Hall–Kier alpha value is -4.84. The number of aromatic amines is 1. The first kappa shape index (κ1) is 40.3. The van der Waals surface area contributed by atoms with Crippen molar-refractivity contribution in [2.75, 3.05) is 30.7 Å². The van der Waals surface area contributed by atoms with E-state index in [0.717, 1.165) is 60.9 Å². The Balaban J connectivity index is 1.12. The second-order valence-corrected chi connectivity index (χ2v) is 16.3. The summed E-state index contributed by atoms with van der Waals surface area (Å²) in [6, 6.07) is 16.6. The maximum absolute atomic E-state index is 13.4. The van der Waals surface area contributed by atoms with Gasteiger partial charge in [-0.15, -0.1) is 0 Å². The number of hydrogen-bond donors (Lipinski definition) is 4. The summed E-state index contributed by atoms with van der Waals surface area (Å²) >= 11 is 0. The average Bonchev–Trinajstić information content (AvgIpc) is 3.53. The van der Waals surface area contributed by atoms with Gasteiger partial charge in [-0.3, -0.25) is 0 Å². The molecule has 1 aliphatic carbocycles. The van der Waals surface area contributed by atoms with Crippen molar-refractivity contribution >= 4 is 34.9 Å². The zero-order chi connectivity index (χ0) is 38.7. The molecule has 0 spiro atoms. The summed E-state index contributed by atoms with van der Waals surface area (Å²) in [5.41, 5.74) is 10.4. The molecule has 0 radical (unpaired) electrons. The number of nitrogens with zero attached hydrogens (tertiary/aromatic N) is 4. The summed E-state index contributed by atoms with van der Waals surface area (Å²) in [6.45, 7) is 14.5. The lowest BCUT2D eigenvalue weighted by Gasteiger charge is -2.36. The summed E-state index contributed by atoms with van der Waals surface area (Å²) in [5.74, 6) is 0.904. The van der Waals surface area contributed by atoms with E-state index in [1.54, 1.807) is 11.1 Å². The predicted octanol–water partition coefficient (Wildman–Crippen LogP) is 8.18. The molecule has 0 saturated heterocycles. The molecule has 292 valence electrons. The van der Waals surface area contributed by atoms with E-state index >= 15 is 0 Å². The van der Waals surface area contributed by atoms with Crippen LogP contribution in [0, 0.1) is 0 Å². The van der Waals surface area contributed by atoms with E-state index < -0.39 is 11.2 Å². The van der Waals surface area contributed by atoms with E-state index in [1.807, 2.05) is 76.8 Å². The Morgan fingerprint density at radius 2 is 1.56 bits per heavy atom. The minimum atomic E-state index is -0.631. The average molecular weight is 741 g/mol. The fourth-order valence-electron chi connectivity index (χ4n) is 6.72. The molecule has 1 saturated carbocycles. The van der Waals surface area contributed by atoms with Gasteiger partial charge < -0.3 is 40.6 Å². The van der Waals surface area contributed by atoms with E-state index in [-0.39, 0.29) is 18.2 Å². The van der Waals surface area contributed by atoms with Gasteiger partial charge in [-0.05, 0) is 96.5 Å². The number of benzene rings is 2. The van der Waals surface area contributed by atoms with E-state index in [0.29, 0.717) is 50.9 Å². The summed E-state index contributed by atoms with van der Waals surface area (Å²) < 4.78 is 11.6. The monoisotopic (exact) mass is 740 g/mol. The van der Waals surface area contributed by atoms with Crippen LogP contribution in [0.15, 0.2) is 60.9 Å². The number of carbonyl (C=O) groups excluding carboxylic acids is 2. The van der Waals surface area contributed by atoms with Crippen LogP contribution in [0.1, 0.15) is 102 Å². The number of para-hydroxylation sites is 1. The van der Waals surface area contributed by atoms with Crippen LogP contribution in [0.4, 0.5) is 21.4 Å². The molecule has 5 rings (SSSR count). The number of rotatable bonds is 15. The van der Waals surface area contributed by atoms with Gasteiger partial charge in [0.1, 0.15) is 17.0 Å². The second kappa shape index (κ2) is 18.5. The molecule has 2 amide bonds. The van der Waals surface area contributed by atoms with Gasteiger partial charge in [-0.2, -0.15) is 4.98 Å². The molecular weight excluding hydrogens is 681 g/mol. The number of nitrogens with one attached hydrogen (secondary N) is 3. The van der Waals surface area contributed by atoms with Crippen LogP contribution in [-0.4, -0.2) is 73.8 Å². The van der Waals surface area contributed by atoms with Crippen molar-refractivity contribution in [3.63, 3.8) is 0 Å². The zero-order valence-corrected chi connectivity index (χ0v) is 33.0. The molecule has 4 aromatic rings. The van der Waals surface area contributed by atoms with Crippen LogP contribution in [-0.2, 0) is 35.5 Å². The first-order valence-corrected chi connectivity index (χ1v) is 19.4. The third-order valence-electron chi connectivity index (χ3n) is 9.43. The van der Waals surface area contributed by atoms with E-state index in [2.05, 4.69) is 50.0 Å². The molecule has 0 atom stereocenters. The van der Waals surface area contributed by atoms with Crippen molar-refractivity contribution < 1.29 is 19.1 Å². The Morgan fingerprint density at radius 1 is 0.870 bits per heavy atom. The number of nitrogen functional groups attached to an aromatic ring is 1. The lowest BCUT2D eigenvalue weighted by Crippen LogP contribution is -2.45. The summed E-state index contributed by atoms with van der Waals surface area (Å²) in [7, 11) is 0. The number of amides is 2. The van der Waals surface area contributed by atoms with Gasteiger partial charge in [-0.25, -0.2) is 14.6 Å². The van der Waals surface area contributed by atoms with Gasteiger partial charge in [-0.1, -0.05) is 61.7 Å². The highest BCUT2D eigenvalue weighted by atomic mass is 16.6. The number of fused-ring (bicyclic) bond motifs is 1. The lowest BCUT2D eigenvalue weighted by atomic mass is 9.94. The quantitative estimate of drug-likeness (QED) is 0.0885. The maximum atomic E-state index is 13.4. The van der Waals surface area contributed by atoms with Crippen molar-refractivity contribution in [3.8, 4) is 0 Å². The van der Waals surface area contributed by atoms with Crippen LogP contribution < -0.4 is 16.4 Å². The van der Waals surface area contributed by atoms with Crippen molar-refractivity contribution in [2.24, 2.45) is 0 Å². The van der Waals surface area contributed by atoms with Gasteiger partial charge >= 0.3 is 12.2 Å². The smallest absolute Gasteiger partial charge is 0.410 e.